The molecule has 0 radical (unpaired) electrons. The molecule has 0 bridgehead atoms. The first kappa shape index (κ1) is 18.1. The summed E-state index contributed by atoms with van der Waals surface area (Å²) in [6, 6.07) is 3.15. The molecular weight excluding hydrogens is 411 g/mol. The van der Waals surface area contributed by atoms with E-state index in [-0.39, 0.29) is 31.0 Å². The molecule has 1 aliphatic heterocycles. The van der Waals surface area contributed by atoms with Gasteiger partial charge in [0.15, 0.2) is 0 Å². The van der Waals surface area contributed by atoms with Crippen molar-refractivity contribution >= 4 is 56.7 Å². The molecular formula is C14H13BrCl2N2O4. The third-order valence-electron chi connectivity index (χ3n) is 3.21. The average molecular weight is 424 g/mol. The molecule has 9 heteroatoms. The van der Waals surface area contributed by atoms with Crippen molar-refractivity contribution in [3.8, 4) is 0 Å². The molecule has 2 rings (SSSR count). The molecule has 0 saturated carbocycles. The lowest BCUT2D eigenvalue weighted by atomic mass is 10.2. The fourth-order valence-electron chi connectivity index (χ4n) is 2.13. The highest BCUT2D eigenvalue weighted by Crippen LogP contribution is 2.35. The first-order chi connectivity index (χ1) is 10.9. The van der Waals surface area contributed by atoms with E-state index in [4.69, 9.17) is 33.0 Å². The molecule has 1 aromatic rings. The van der Waals surface area contributed by atoms with Crippen LogP contribution in [0.3, 0.4) is 0 Å². The molecule has 1 aliphatic rings. The number of hydrogen-bond acceptors (Lipinski definition) is 5. The zero-order valence-electron chi connectivity index (χ0n) is 12.0. The van der Waals surface area contributed by atoms with Gasteiger partial charge in [0.25, 0.3) is 5.91 Å². The molecule has 0 spiro atoms. The fourth-order valence-corrected chi connectivity index (χ4v) is 3.10. The molecule has 1 aromatic carbocycles. The first-order valence-electron chi connectivity index (χ1n) is 6.52. The summed E-state index contributed by atoms with van der Waals surface area (Å²) in [5, 5.41) is 12.6. The summed E-state index contributed by atoms with van der Waals surface area (Å²) >= 11 is 15.4. The standard InChI is InChI=1S/C14H13BrCl2N2O4/c1-23-14(22)8-6-19(2-3-20)13(21)12(8)18-10-5-7(16)4-9(15)11(10)17/h4-5,18,20H,2-3,6H2,1H3. The summed E-state index contributed by atoms with van der Waals surface area (Å²) in [6.07, 6.45) is 0. The Kier molecular flexibility index (Phi) is 5.91. The average Bonchev–Trinajstić information content (AvgIpc) is 2.81. The number of methoxy groups -OCH3 is 1. The Morgan fingerprint density at radius 2 is 2.17 bits per heavy atom. The van der Waals surface area contributed by atoms with Gasteiger partial charge in [0.05, 0.1) is 36.5 Å². The molecule has 0 saturated heterocycles. The highest BCUT2D eigenvalue weighted by atomic mass is 79.9. The number of β-amino-alcohol motifs (C(OH)–C–C–N with tert-alkyl or cyclic N) is 1. The Hall–Kier alpha value is -1.28. The van der Waals surface area contributed by atoms with Crippen LogP contribution in [0.5, 0.6) is 0 Å². The van der Waals surface area contributed by atoms with Gasteiger partial charge in [-0.05, 0) is 28.1 Å². The maximum Gasteiger partial charge on any atom is 0.337 e. The first-order valence-corrected chi connectivity index (χ1v) is 8.07. The number of rotatable bonds is 5. The van der Waals surface area contributed by atoms with Crippen molar-refractivity contribution in [3.05, 3.63) is 37.9 Å². The van der Waals surface area contributed by atoms with Crippen LogP contribution in [0, 0.1) is 0 Å². The van der Waals surface area contributed by atoms with Gasteiger partial charge in [-0.15, -0.1) is 0 Å². The second-order valence-corrected chi connectivity index (χ2v) is 6.34. The third-order valence-corrected chi connectivity index (χ3v) is 4.69. The molecule has 0 atom stereocenters. The maximum absolute atomic E-state index is 12.4. The Labute approximate surface area is 151 Å². The van der Waals surface area contributed by atoms with Gasteiger partial charge in [-0.1, -0.05) is 23.2 Å². The van der Waals surface area contributed by atoms with E-state index in [0.717, 1.165) is 0 Å². The van der Waals surface area contributed by atoms with Crippen molar-refractivity contribution in [1.82, 2.24) is 4.90 Å². The van der Waals surface area contributed by atoms with Crippen LogP contribution in [0.4, 0.5) is 5.69 Å². The van der Waals surface area contributed by atoms with E-state index in [1.165, 1.54) is 12.0 Å². The number of nitrogens with zero attached hydrogens (tertiary/aromatic N) is 1. The molecule has 2 N–H and O–H groups in total. The van der Waals surface area contributed by atoms with Crippen molar-refractivity contribution in [2.75, 3.05) is 32.1 Å². The van der Waals surface area contributed by atoms with Gasteiger partial charge in [-0.2, -0.15) is 0 Å². The number of benzene rings is 1. The molecule has 1 heterocycles. The highest BCUT2D eigenvalue weighted by Gasteiger charge is 2.34. The van der Waals surface area contributed by atoms with Gasteiger partial charge >= 0.3 is 5.97 Å². The number of carbonyl (C=O) groups is 2. The smallest absolute Gasteiger partial charge is 0.337 e. The number of anilines is 1. The van der Waals surface area contributed by atoms with Gasteiger partial charge in [-0.25, -0.2) is 4.79 Å². The van der Waals surface area contributed by atoms with Crippen molar-refractivity contribution in [1.29, 1.82) is 0 Å². The monoisotopic (exact) mass is 422 g/mol. The summed E-state index contributed by atoms with van der Waals surface area (Å²) < 4.78 is 5.26. The minimum absolute atomic E-state index is 0.0494. The largest absolute Gasteiger partial charge is 0.466 e. The minimum atomic E-state index is -0.626. The van der Waals surface area contributed by atoms with E-state index in [2.05, 4.69) is 21.2 Å². The number of amides is 1. The predicted octanol–water partition coefficient (Wildman–Crippen LogP) is 2.43. The Balaban J connectivity index is 2.41. The zero-order chi connectivity index (χ0) is 17.1. The predicted molar refractivity (Wildman–Crippen MR) is 90.5 cm³/mol. The molecule has 0 unspecified atom stereocenters. The number of carbonyl (C=O) groups excluding carboxylic acids is 2. The van der Waals surface area contributed by atoms with Gasteiger partial charge in [0, 0.05) is 16.0 Å². The quantitative estimate of drug-likeness (QED) is 0.561. The van der Waals surface area contributed by atoms with Crippen molar-refractivity contribution in [3.63, 3.8) is 0 Å². The van der Waals surface area contributed by atoms with E-state index >= 15 is 0 Å². The topological polar surface area (TPSA) is 78.9 Å². The fraction of sp³-hybridized carbons (Fsp3) is 0.286. The van der Waals surface area contributed by atoms with Crippen LogP contribution in [0.25, 0.3) is 0 Å². The lowest BCUT2D eigenvalue weighted by Crippen LogP contribution is -2.31. The van der Waals surface area contributed by atoms with Crippen LogP contribution >= 0.6 is 39.1 Å². The van der Waals surface area contributed by atoms with E-state index in [9.17, 15) is 9.59 Å². The summed E-state index contributed by atoms with van der Waals surface area (Å²) in [4.78, 5) is 25.6. The van der Waals surface area contributed by atoms with Crippen LogP contribution < -0.4 is 5.32 Å². The van der Waals surface area contributed by atoms with Crippen LogP contribution in [-0.4, -0.2) is 48.7 Å². The maximum atomic E-state index is 12.4. The lowest BCUT2D eigenvalue weighted by Gasteiger charge is -2.15. The van der Waals surface area contributed by atoms with Crippen molar-refractivity contribution in [2.45, 2.75) is 0 Å². The molecule has 0 fully saturated rings. The molecule has 0 aromatic heterocycles. The Morgan fingerprint density at radius 1 is 1.48 bits per heavy atom. The van der Waals surface area contributed by atoms with Crippen LogP contribution in [0.1, 0.15) is 0 Å². The van der Waals surface area contributed by atoms with Gasteiger partial charge in [-0.3, -0.25) is 4.79 Å². The second-order valence-electron chi connectivity index (χ2n) is 4.67. The number of esters is 1. The number of ether oxygens (including phenoxy) is 1. The van der Waals surface area contributed by atoms with E-state index in [1.54, 1.807) is 12.1 Å². The number of halogens is 3. The molecule has 6 nitrogen and oxygen atoms in total. The zero-order valence-corrected chi connectivity index (χ0v) is 15.1. The lowest BCUT2D eigenvalue weighted by molar-refractivity contribution is -0.136. The molecule has 23 heavy (non-hydrogen) atoms. The summed E-state index contributed by atoms with van der Waals surface area (Å²) in [5.74, 6) is -1.05. The normalized spacial score (nSPS) is 14.5. The summed E-state index contributed by atoms with van der Waals surface area (Å²) in [5.41, 5.74) is 0.598. The van der Waals surface area contributed by atoms with Crippen molar-refractivity contribution in [2.24, 2.45) is 0 Å². The van der Waals surface area contributed by atoms with E-state index in [0.29, 0.717) is 20.2 Å². The van der Waals surface area contributed by atoms with E-state index in [1.807, 2.05) is 0 Å². The second kappa shape index (κ2) is 7.53. The van der Waals surface area contributed by atoms with Crippen molar-refractivity contribution < 1.29 is 19.4 Å². The molecule has 124 valence electrons. The SMILES string of the molecule is COC(=O)C1=C(Nc2cc(Cl)cc(Br)c2Cl)C(=O)N(CCO)C1. The van der Waals surface area contributed by atoms with E-state index < -0.39 is 11.9 Å². The molecule has 0 aliphatic carbocycles. The van der Waals surface area contributed by atoms with Crippen LogP contribution in [0.2, 0.25) is 10.0 Å². The van der Waals surface area contributed by atoms with Crippen LogP contribution in [0.15, 0.2) is 27.9 Å². The highest BCUT2D eigenvalue weighted by molar-refractivity contribution is 9.10. The number of nitrogens with one attached hydrogen (secondary N) is 1. The van der Waals surface area contributed by atoms with Gasteiger partial charge < -0.3 is 20.1 Å². The Morgan fingerprint density at radius 3 is 2.78 bits per heavy atom. The Bertz CT molecular complexity index is 694. The minimum Gasteiger partial charge on any atom is -0.466 e. The number of hydrogen-bond donors (Lipinski definition) is 2. The van der Waals surface area contributed by atoms with Crippen LogP contribution in [-0.2, 0) is 14.3 Å². The van der Waals surface area contributed by atoms with Gasteiger partial charge in [0.2, 0.25) is 0 Å². The third kappa shape index (κ3) is 3.80. The molecule has 1 amide bonds. The van der Waals surface area contributed by atoms with Gasteiger partial charge in [0.1, 0.15) is 5.70 Å². The number of aliphatic hydroxyl groups excluding tert-OH is 1. The summed E-state index contributed by atoms with van der Waals surface area (Å²) in [7, 11) is 1.23. The summed E-state index contributed by atoms with van der Waals surface area (Å²) in [6.45, 7) is -0.0534. The number of aliphatic hydroxyl groups is 1.